The van der Waals surface area contributed by atoms with Crippen molar-refractivity contribution in [2.24, 2.45) is 0 Å². The molecule has 1 amide bonds. The standard InChI is InChI=1S/C23H38N2O4Si/c1-17(25-21(26)29-22(3,4)5)13-14-19-20(12-11-15-24-19)28-18(2)16-27-30(9,10)23(6,7)8/h11-12,15,17-18H,16H2,1-10H3,(H,25,26)/t17?,18-/m1/s1. The van der Waals surface area contributed by atoms with E-state index in [0.29, 0.717) is 18.1 Å². The van der Waals surface area contributed by atoms with Crippen LogP contribution in [0.3, 0.4) is 0 Å². The van der Waals surface area contributed by atoms with Crippen LogP contribution in [0.5, 0.6) is 5.75 Å². The van der Waals surface area contributed by atoms with Crippen molar-refractivity contribution in [3.63, 3.8) is 0 Å². The van der Waals surface area contributed by atoms with Gasteiger partial charge in [0.15, 0.2) is 19.8 Å². The van der Waals surface area contributed by atoms with E-state index >= 15 is 0 Å². The van der Waals surface area contributed by atoms with E-state index in [4.69, 9.17) is 13.9 Å². The molecular formula is C23H38N2O4Si. The summed E-state index contributed by atoms with van der Waals surface area (Å²) in [7, 11) is -1.84. The highest BCUT2D eigenvalue weighted by Gasteiger charge is 2.37. The van der Waals surface area contributed by atoms with Crippen LogP contribution in [-0.4, -0.2) is 43.7 Å². The molecule has 0 aliphatic carbocycles. The molecule has 1 aromatic rings. The summed E-state index contributed by atoms with van der Waals surface area (Å²) in [5, 5.41) is 2.85. The average Bonchev–Trinajstić information content (AvgIpc) is 2.56. The summed E-state index contributed by atoms with van der Waals surface area (Å²) >= 11 is 0. The highest BCUT2D eigenvalue weighted by atomic mass is 28.4. The molecule has 1 N–H and O–H groups in total. The number of amides is 1. The predicted octanol–water partition coefficient (Wildman–Crippen LogP) is 5.14. The summed E-state index contributed by atoms with van der Waals surface area (Å²) in [4.78, 5) is 16.2. The number of nitrogens with one attached hydrogen (secondary N) is 1. The third kappa shape index (κ3) is 9.18. The molecule has 1 rings (SSSR count). The van der Waals surface area contributed by atoms with Crippen LogP contribution in [-0.2, 0) is 9.16 Å². The predicted molar refractivity (Wildman–Crippen MR) is 123 cm³/mol. The van der Waals surface area contributed by atoms with Crippen LogP contribution in [0.25, 0.3) is 0 Å². The van der Waals surface area contributed by atoms with E-state index in [9.17, 15) is 4.79 Å². The Hall–Kier alpha value is -2.04. The fourth-order valence-corrected chi connectivity index (χ4v) is 3.15. The first-order chi connectivity index (χ1) is 13.6. The lowest BCUT2D eigenvalue weighted by atomic mass is 10.2. The minimum Gasteiger partial charge on any atom is -0.485 e. The minimum absolute atomic E-state index is 0.138. The first-order valence-corrected chi connectivity index (χ1v) is 13.3. The minimum atomic E-state index is -1.84. The van der Waals surface area contributed by atoms with E-state index in [1.54, 1.807) is 13.1 Å². The van der Waals surface area contributed by atoms with Gasteiger partial charge in [-0.05, 0) is 70.8 Å². The van der Waals surface area contributed by atoms with Gasteiger partial charge in [0.2, 0.25) is 0 Å². The van der Waals surface area contributed by atoms with Gasteiger partial charge in [0.1, 0.15) is 11.7 Å². The Balaban J connectivity index is 2.75. The van der Waals surface area contributed by atoms with Gasteiger partial charge in [-0.2, -0.15) is 0 Å². The van der Waals surface area contributed by atoms with Crippen molar-refractivity contribution in [1.29, 1.82) is 0 Å². The van der Waals surface area contributed by atoms with E-state index in [0.717, 1.165) is 0 Å². The number of alkyl carbamates (subject to hydrolysis) is 1. The summed E-state index contributed by atoms with van der Waals surface area (Å²) in [6, 6.07) is 3.25. The molecular weight excluding hydrogens is 396 g/mol. The number of ether oxygens (including phenoxy) is 2. The molecule has 2 atom stereocenters. The molecule has 0 saturated carbocycles. The number of hydrogen-bond donors (Lipinski definition) is 1. The fraction of sp³-hybridized carbons (Fsp3) is 0.652. The van der Waals surface area contributed by atoms with Gasteiger partial charge in [0, 0.05) is 6.20 Å². The Labute approximate surface area is 183 Å². The van der Waals surface area contributed by atoms with Gasteiger partial charge >= 0.3 is 6.09 Å². The van der Waals surface area contributed by atoms with Crippen molar-refractivity contribution >= 4 is 14.4 Å². The number of pyridine rings is 1. The lowest BCUT2D eigenvalue weighted by Gasteiger charge is -2.36. The Morgan fingerprint density at radius 1 is 1.20 bits per heavy atom. The zero-order valence-corrected chi connectivity index (χ0v) is 21.2. The van der Waals surface area contributed by atoms with Gasteiger partial charge in [0.25, 0.3) is 0 Å². The lowest BCUT2D eigenvalue weighted by Crippen LogP contribution is -2.43. The van der Waals surface area contributed by atoms with E-state index in [1.165, 1.54) is 0 Å². The molecule has 7 heteroatoms. The van der Waals surface area contributed by atoms with Crippen molar-refractivity contribution in [3.8, 4) is 17.6 Å². The van der Waals surface area contributed by atoms with Gasteiger partial charge in [-0.3, -0.25) is 0 Å². The molecule has 0 aromatic carbocycles. The van der Waals surface area contributed by atoms with Crippen molar-refractivity contribution in [2.45, 2.75) is 91.3 Å². The third-order valence-electron chi connectivity index (χ3n) is 4.72. The molecule has 1 heterocycles. The summed E-state index contributed by atoms with van der Waals surface area (Å²) in [5.41, 5.74) is -0.0310. The van der Waals surface area contributed by atoms with E-state index in [-0.39, 0.29) is 11.1 Å². The van der Waals surface area contributed by atoms with Gasteiger partial charge < -0.3 is 19.2 Å². The van der Waals surface area contributed by atoms with Crippen LogP contribution < -0.4 is 10.1 Å². The molecule has 0 fully saturated rings. The summed E-state index contributed by atoms with van der Waals surface area (Å²) in [6.45, 7) is 20.8. The maximum absolute atomic E-state index is 11.9. The molecule has 0 bridgehead atoms. The Bertz CT molecular complexity index is 770. The number of nitrogens with zero attached hydrogens (tertiary/aromatic N) is 1. The van der Waals surface area contributed by atoms with Crippen LogP contribution in [0.4, 0.5) is 4.79 Å². The number of rotatable bonds is 6. The molecule has 6 nitrogen and oxygen atoms in total. The molecule has 168 valence electrons. The monoisotopic (exact) mass is 434 g/mol. The van der Waals surface area contributed by atoms with Crippen molar-refractivity contribution in [1.82, 2.24) is 10.3 Å². The molecule has 0 saturated heterocycles. The zero-order chi connectivity index (χ0) is 23.2. The van der Waals surface area contributed by atoms with Crippen LogP contribution >= 0.6 is 0 Å². The molecule has 0 aliphatic rings. The summed E-state index contributed by atoms with van der Waals surface area (Å²) < 4.78 is 17.5. The lowest BCUT2D eigenvalue weighted by molar-refractivity contribution is 0.0519. The smallest absolute Gasteiger partial charge is 0.408 e. The molecule has 1 aromatic heterocycles. The highest BCUT2D eigenvalue weighted by Crippen LogP contribution is 2.36. The summed E-state index contributed by atoms with van der Waals surface area (Å²) in [5.74, 6) is 6.57. The van der Waals surface area contributed by atoms with Crippen LogP contribution in [0.1, 0.15) is 61.1 Å². The van der Waals surface area contributed by atoms with Gasteiger partial charge in [-0.1, -0.05) is 26.7 Å². The van der Waals surface area contributed by atoms with E-state index < -0.39 is 26.1 Å². The second-order valence-corrected chi connectivity index (χ2v) is 14.8. The van der Waals surface area contributed by atoms with Crippen LogP contribution in [0.15, 0.2) is 18.3 Å². The fourth-order valence-electron chi connectivity index (χ4n) is 2.07. The van der Waals surface area contributed by atoms with Crippen molar-refractivity contribution in [3.05, 3.63) is 24.0 Å². The molecule has 30 heavy (non-hydrogen) atoms. The SMILES string of the molecule is CC(C#Cc1ncccc1O[C@H](C)CO[Si](C)(C)C(C)(C)C)NC(=O)OC(C)(C)C. The largest absolute Gasteiger partial charge is 0.485 e. The van der Waals surface area contributed by atoms with Crippen LogP contribution in [0.2, 0.25) is 18.1 Å². The average molecular weight is 435 g/mol. The Morgan fingerprint density at radius 3 is 2.40 bits per heavy atom. The van der Waals surface area contributed by atoms with E-state index in [2.05, 4.69) is 56.0 Å². The number of carbonyl (C=O) groups is 1. The van der Waals surface area contributed by atoms with Gasteiger partial charge in [-0.25, -0.2) is 9.78 Å². The number of carbonyl (C=O) groups excluding carboxylic acids is 1. The second kappa shape index (κ2) is 10.3. The zero-order valence-electron chi connectivity index (χ0n) is 20.2. The molecule has 0 aliphatic heterocycles. The highest BCUT2D eigenvalue weighted by molar-refractivity contribution is 6.74. The third-order valence-corrected chi connectivity index (χ3v) is 9.22. The van der Waals surface area contributed by atoms with Crippen molar-refractivity contribution < 1.29 is 18.7 Å². The number of aromatic nitrogens is 1. The summed E-state index contributed by atoms with van der Waals surface area (Å²) in [6.07, 6.45) is 1.03. The quantitative estimate of drug-likeness (QED) is 0.496. The molecule has 0 spiro atoms. The second-order valence-electron chi connectivity index (χ2n) is 9.99. The maximum Gasteiger partial charge on any atom is 0.408 e. The van der Waals surface area contributed by atoms with Gasteiger partial charge in [0.05, 0.1) is 12.6 Å². The first kappa shape index (κ1) is 26.0. The normalized spacial score (nSPS) is 14.2. The maximum atomic E-state index is 11.9. The first-order valence-electron chi connectivity index (χ1n) is 10.4. The number of hydrogen-bond acceptors (Lipinski definition) is 5. The topological polar surface area (TPSA) is 69.7 Å². The Morgan fingerprint density at radius 2 is 1.83 bits per heavy atom. The molecule has 1 unspecified atom stereocenters. The Kier molecular flexibility index (Phi) is 8.94. The van der Waals surface area contributed by atoms with E-state index in [1.807, 2.05) is 39.8 Å². The molecule has 0 radical (unpaired) electrons. The van der Waals surface area contributed by atoms with Gasteiger partial charge in [-0.15, -0.1) is 0 Å². The van der Waals surface area contributed by atoms with Crippen molar-refractivity contribution in [2.75, 3.05) is 6.61 Å². The van der Waals surface area contributed by atoms with Crippen LogP contribution in [0, 0.1) is 11.8 Å².